The van der Waals surface area contributed by atoms with E-state index in [-0.39, 0.29) is 5.88 Å². The van der Waals surface area contributed by atoms with Crippen molar-refractivity contribution in [2.75, 3.05) is 13.0 Å². The number of alkyl halides is 1. The Labute approximate surface area is 89.5 Å². The highest BCUT2D eigenvalue weighted by Gasteiger charge is 2.10. The molecule has 0 heterocycles. The number of ether oxygens (including phenoxy) is 1. The molecular weight excluding hydrogens is 200 g/mol. The molecule has 0 amide bonds. The molecule has 2 nitrogen and oxygen atoms in total. The van der Waals surface area contributed by atoms with E-state index in [1.54, 1.807) is 7.11 Å². The molecule has 14 heavy (non-hydrogen) atoms. The molecule has 0 aliphatic rings. The van der Waals surface area contributed by atoms with Crippen LogP contribution in [0.5, 0.6) is 5.75 Å². The third kappa shape index (κ3) is 2.20. The summed E-state index contributed by atoms with van der Waals surface area (Å²) in [5, 5.41) is 9.57. The van der Waals surface area contributed by atoms with E-state index in [1.165, 1.54) is 0 Å². The predicted octanol–water partition coefficient (Wildman–Crippen LogP) is 2.58. The number of rotatable bonds is 3. The van der Waals surface area contributed by atoms with E-state index in [2.05, 4.69) is 0 Å². The maximum Gasteiger partial charge on any atom is 0.124 e. The maximum absolute atomic E-state index is 9.57. The van der Waals surface area contributed by atoms with E-state index in [9.17, 15) is 5.11 Å². The van der Waals surface area contributed by atoms with Gasteiger partial charge in [0.2, 0.25) is 0 Å². The Hall–Kier alpha value is -0.730. The van der Waals surface area contributed by atoms with E-state index in [0.29, 0.717) is 0 Å². The standard InChI is InChI=1S/C11H15ClO2/c1-7-4-9(10(13)6-12)5-8(2)11(7)14-3/h4-5,10,13H,6H2,1-3H3/t10-/m0/s1. The quantitative estimate of drug-likeness (QED) is 0.784. The number of aryl methyl sites for hydroxylation is 2. The van der Waals surface area contributed by atoms with Crippen LogP contribution in [0.4, 0.5) is 0 Å². The highest BCUT2D eigenvalue weighted by atomic mass is 35.5. The lowest BCUT2D eigenvalue weighted by Gasteiger charge is -2.13. The molecule has 0 aliphatic carbocycles. The van der Waals surface area contributed by atoms with E-state index in [4.69, 9.17) is 16.3 Å². The largest absolute Gasteiger partial charge is 0.496 e. The molecule has 0 bridgehead atoms. The fourth-order valence-electron chi connectivity index (χ4n) is 1.59. The fourth-order valence-corrected chi connectivity index (χ4v) is 1.77. The van der Waals surface area contributed by atoms with Gasteiger partial charge in [-0.15, -0.1) is 11.6 Å². The van der Waals surface area contributed by atoms with E-state index >= 15 is 0 Å². The van der Waals surface area contributed by atoms with Gasteiger partial charge in [0.25, 0.3) is 0 Å². The summed E-state index contributed by atoms with van der Waals surface area (Å²) >= 11 is 5.58. The Kier molecular flexibility index (Phi) is 3.78. The van der Waals surface area contributed by atoms with Gasteiger partial charge in [0.05, 0.1) is 19.1 Å². The van der Waals surface area contributed by atoms with Crippen LogP contribution in [-0.2, 0) is 0 Å². The minimum Gasteiger partial charge on any atom is -0.496 e. The average Bonchev–Trinajstić information content (AvgIpc) is 2.16. The molecule has 0 saturated carbocycles. The number of methoxy groups -OCH3 is 1. The van der Waals surface area contributed by atoms with Gasteiger partial charge in [-0.05, 0) is 42.7 Å². The van der Waals surface area contributed by atoms with Crippen molar-refractivity contribution in [2.45, 2.75) is 20.0 Å². The van der Waals surface area contributed by atoms with Crippen LogP contribution in [0.3, 0.4) is 0 Å². The van der Waals surface area contributed by atoms with Crippen molar-refractivity contribution in [1.29, 1.82) is 0 Å². The molecule has 78 valence electrons. The molecule has 1 N–H and O–H groups in total. The summed E-state index contributed by atoms with van der Waals surface area (Å²) in [5.41, 5.74) is 2.88. The number of hydrogen-bond donors (Lipinski definition) is 1. The Morgan fingerprint density at radius 3 is 2.21 bits per heavy atom. The van der Waals surface area contributed by atoms with Gasteiger partial charge in [-0.25, -0.2) is 0 Å². The number of benzene rings is 1. The lowest BCUT2D eigenvalue weighted by Crippen LogP contribution is -2.01. The summed E-state index contributed by atoms with van der Waals surface area (Å²) < 4.78 is 5.23. The van der Waals surface area contributed by atoms with Crippen molar-refractivity contribution in [3.63, 3.8) is 0 Å². The van der Waals surface area contributed by atoms with Crippen LogP contribution in [0.1, 0.15) is 22.8 Å². The van der Waals surface area contributed by atoms with Crippen molar-refractivity contribution in [3.8, 4) is 5.75 Å². The van der Waals surface area contributed by atoms with E-state index in [1.807, 2.05) is 26.0 Å². The highest BCUT2D eigenvalue weighted by Crippen LogP contribution is 2.27. The number of hydrogen-bond acceptors (Lipinski definition) is 2. The third-order valence-corrected chi connectivity index (χ3v) is 2.51. The lowest BCUT2D eigenvalue weighted by molar-refractivity contribution is 0.202. The van der Waals surface area contributed by atoms with Crippen molar-refractivity contribution in [1.82, 2.24) is 0 Å². The Morgan fingerprint density at radius 2 is 1.86 bits per heavy atom. The van der Waals surface area contributed by atoms with Crippen LogP contribution in [0, 0.1) is 13.8 Å². The van der Waals surface area contributed by atoms with Gasteiger partial charge in [-0.2, -0.15) is 0 Å². The molecular formula is C11H15ClO2. The first-order valence-corrected chi connectivity index (χ1v) is 5.02. The lowest BCUT2D eigenvalue weighted by atomic mass is 10.0. The monoisotopic (exact) mass is 214 g/mol. The SMILES string of the molecule is COc1c(C)cc([C@@H](O)CCl)cc1C. The molecule has 0 spiro atoms. The second-order valence-electron chi connectivity index (χ2n) is 3.36. The molecule has 1 rings (SSSR count). The zero-order chi connectivity index (χ0) is 10.7. The second-order valence-corrected chi connectivity index (χ2v) is 3.67. The Balaban J connectivity index is 3.13. The summed E-state index contributed by atoms with van der Waals surface area (Å²) in [6.07, 6.45) is -0.597. The normalized spacial score (nSPS) is 12.6. The highest BCUT2D eigenvalue weighted by molar-refractivity contribution is 6.18. The van der Waals surface area contributed by atoms with Crippen LogP contribution in [-0.4, -0.2) is 18.1 Å². The minimum atomic E-state index is -0.597. The summed E-state index contributed by atoms with van der Waals surface area (Å²) in [4.78, 5) is 0. The molecule has 0 aromatic heterocycles. The van der Waals surface area contributed by atoms with Crippen LogP contribution in [0.2, 0.25) is 0 Å². The fraction of sp³-hybridized carbons (Fsp3) is 0.455. The zero-order valence-electron chi connectivity index (χ0n) is 8.67. The Bertz CT molecular complexity index is 300. The van der Waals surface area contributed by atoms with Gasteiger partial charge in [0.1, 0.15) is 5.75 Å². The van der Waals surface area contributed by atoms with Crippen molar-refractivity contribution in [3.05, 3.63) is 28.8 Å². The first kappa shape index (κ1) is 11.3. The van der Waals surface area contributed by atoms with Crippen molar-refractivity contribution in [2.24, 2.45) is 0 Å². The first-order valence-electron chi connectivity index (χ1n) is 4.49. The number of aliphatic hydroxyl groups is 1. The second kappa shape index (κ2) is 4.67. The summed E-state index contributed by atoms with van der Waals surface area (Å²) in [6.45, 7) is 3.91. The van der Waals surface area contributed by atoms with Gasteiger partial charge in [0.15, 0.2) is 0 Å². The summed E-state index contributed by atoms with van der Waals surface area (Å²) in [7, 11) is 1.65. The smallest absolute Gasteiger partial charge is 0.124 e. The van der Waals surface area contributed by atoms with E-state index in [0.717, 1.165) is 22.4 Å². The van der Waals surface area contributed by atoms with Gasteiger partial charge in [-0.1, -0.05) is 0 Å². The summed E-state index contributed by atoms with van der Waals surface area (Å²) in [5.74, 6) is 1.08. The first-order chi connectivity index (χ1) is 6.60. The molecule has 0 saturated heterocycles. The van der Waals surface area contributed by atoms with Crippen LogP contribution in [0.15, 0.2) is 12.1 Å². The van der Waals surface area contributed by atoms with Crippen molar-refractivity contribution < 1.29 is 9.84 Å². The average molecular weight is 215 g/mol. The molecule has 1 atom stereocenters. The van der Waals surface area contributed by atoms with Crippen LogP contribution in [0.25, 0.3) is 0 Å². The van der Waals surface area contributed by atoms with Crippen molar-refractivity contribution >= 4 is 11.6 Å². The third-order valence-electron chi connectivity index (χ3n) is 2.22. The molecule has 3 heteroatoms. The zero-order valence-corrected chi connectivity index (χ0v) is 9.43. The Morgan fingerprint density at radius 1 is 1.36 bits per heavy atom. The number of aliphatic hydroxyl groups excluding tert-OH is 1. The minimum absolute atomic E-state index is 0.214. The molecule has 0 radical (unpaired) electrons. The molecule has 0 fully saturated rings. The maximum atomic E-state index is 9.57. The van der Waals surface area contributed by atoms with E-state index < -0.39 is 6.10 Å². The van der Waals surface area contributed by atoms with Gasteiger partial charge in [-0.3, -0.25) is 0 Å². The predicted molar refractivity (Wildman–Crippen MR) is 58.1 cm³/mol. The number of halogens is 1. The van der Waals surface area contributed by atoms with Crippen LogP contribution >= 0.6 is 11.6 Å². The molecule has 0 aliphatic heterocycles. The van der Waals surface area contributed by atoms with Gasteiger partial charge >= 0.3 is 0 Å². The molecule has 0 unspecified atom stereocenters. The van der Waals surface area contributed by atoms with Gasteiger partial charge < -0.3 is 9.84 Å². The summed E-state index contributed by atoms with van der Waals surface area (Å²) in [6, 6.07) is 3.80. The molecule has 1 aromatic rings. The topological polar surface area (TPSA) is 29.5 Å². The van der Waals surface area contributed by atoms with Crippen LogP contribution < -0.4 is 4.74 Å². The molecule has 1 aromatic carbocycles. The van der Waals surface area contributed by atoms with Gasteiger partial charge in [0, 0.05) is 0 Å².